The van der Waals surface area contributed by atoms with Gasteiger partial charge in [-0.3, -0.25) is 14.5 Å². The molecule has 5 rings (SSSR count). The molecule has 2 aromatic carbocycles. The van der Waals surface area contributed by atoms with Crippen molar-refractivity contribution in [3.63, 3.8) is 0 Å². The summed E-state index contributed by atoms with van der Waals surface area (Å²) in [6.45, 7) is 12.7. The molecule has 11 heteroatoms. The van der Waals surface area contributed by atoms with E-state index in [9.17, 15) is 14.4 Å². The molecule has 2 aromatic heterocycles. The van der Waals surface area contributed by atoms with E-state index in [1.807, 2.05) is 70.2 Å². The lowest BCUT2D eigenvalue weighted by molar-refractivity contribution is 0.0885. The number of ether oxygens (including phenoxy) is 1. The molecular weight excluding hydrogens is 560 g/mol. The molecule has 0 spiro atoms. The van der Waals surface area contributed by atoms with Gasteiger partial charge in [0.2, 0.25) is 0 Å². The Morgan fingerprint density at radius 2 is 1.66 bits per heavy atom. The van der Waals surface area contributed by atoms with E-state index in [0.717, 1.165) is 48.5 Å². The molecule has 44 heavy (non-hydrogen) atoms. The Morgan fingerprint density at radius 1 is 0.977 bits per heavy atom. The molecule has 1 aliphatic heterocycles. The second-order valence-corrected chi connectivity index (χ2v) is 12.2. The van der Waals surface area contributed by atoms with Gasteiger partial charge >= 0.3 is 6.09 Å². The van der Waals surface area contributed by atoms with Crippen LogP contribution in [0.25, 0.3) is 11.1 Å². The van der Waals surface area contributed by atoms with Crippen molar-refractivity contribution in [1.29, 1.82) is 0 Å². The number of nitrogens with zero attached hydrogens (tertiary/aromatic N) is 4. The van der Waals surface area contributed by atoms with Gasteiger partial charge in [0.05, 0.1) is 12.1 Å². The number of hydrogen-bond acceptors (Lipinski definition) is 8. The monoisotopic (exact) mass is 600 g/mol. The molecule has 0 atom stereocenters. The Balaban J connectivity index is 1.36. The number of hydrogen-bond donors (Lipinski definition) is 2. The van der Waals surface area contributed by atoms with Crippen LogP contribution < -0.4 is 10.6 Å². The molecular formula is C33H40N6O5. The van der Waals surface area contributed by atoms with E-state index < -0.39 is 23.4 Å². The molecule has 0 saturated carbocycles. The molecule has 11 nitrogen and oxygen atoms in total. The van der Waals surface area contributed by atoms with Crippen LogP contribution in [0.5, 0.6) is 0 Å². The molecule has 1 saturated heterocycles. The minimum absolute atomic E-state index is 0.00868. The first-order valence-corrected chi connectivity index (χ1v) is 14.9. The molecule has 1 aliphatic rings. The number of aromatic nitrogens is 2. The van der Waals surface area contributed by atoms with E-state index in [1.54, 1.807) is 12.1 Å². The molecule has 0 aliphatic carbocycles. The van der Waals surface area contributed by atoms with Gasteiger partial charge in [0.15, 0.2) is 17.2 Å². The maximum absolute atomic E-state index is 13.3. The van der Waals surface area contributed by atoms with Crippen LogP contribution in [-0.4, -0.2) is 77.3 Å². The van der Waals surface area contributed by atoms with Crippen LogP contribution in [0.1, 0.15) is 59.7 Å². The van der Waals surface area contributed by atoms with Crippen LogP contribution in [0, 0.1) is 5.92 Å². The Kier molecular flexibility index (Phi) is 9.17. The average Bonchev–Trinajstić information content (AvgIpc) is 3.58. The molecule has 4 aromatic rings. The number of anilines is 1. The fourth-order valence-electron chi connectivity index (χ4n) is 5.02. The lowest BCUT2D eigenvalue weighted by atomic mass is 9.94. The first kappa shape index (κ1) is 31.0. The Bertz CT molecular complexity index is 1620. The number of piperazine rings is 1. The maximum Gasteiger partial charge on any atom is 0.435 e. The van der Waals surface area contributed by atoms with Gasteiger partial charge in [-0.2, -0.15) is 4.68 Å². The summed E-state index contributed by atoms with van der Waals surface area (Å²) in [4.78, 5) is 44.2. The second-order valence-electron chi connectivity index (χ2n) is 12.2. The van der Waals surface area contributed by atoms with E-state index in [-0.39, 0.29) is 35.2 Å². The Morgan fingerprint density at radius 3 is 2.32 bits per heavy atom. The molecule has 0 unspecified atom stereocenters. The van der Waals surface area contributed by atoms with Crippen molar-refractivity contribution >= 4 is 34.8 Å². The quantitative estimate of drug-likeness (QED) is 0.277. The van der Waals surface area contributed by atoms with E-state index in [4.69, 9.17) is 9.15 Å². The van der Waals surface area contributed by atoms with Gasteiger partial charge < -0.3 is 24.7 Å². The molecule has 1 fully saturated rings. The summed E-state index contributed by atoms with van der Waals surface area (Å²) < 4.78 is 12.3. The van der Waals surface area contributed by atoms with Crippen LogP contribution in [0.2, 0.25) is 0 Å². The third kappa shape index (κ3) is 7.17. The van der Waals surface area contributed by atoms with Crippen LogP contribution in [0.3, 0.4) is 0 Å². The summed E-state index contributed by atoms with van der Waals surface area (Å²) in [6, 6.07) is 18.4. The highest BCUT2D eigenvalue weighted by molar-refractivity contribution is 6.08. The van der Waals surface area contributed by atoms with Crippen molar-refractivity contribution in [2.24, 2.45) is 5.92 Å². The predicted octanol–water partition coefficient (Wildman–Crippen LogP) is 4.93. The molecule has 232 valence electrons. The van der Waals surface area contributed by atoms with Crippen molar-refractivity contribution in [3.8, 4) is 0 Å². The van der Waals surface area contributed by atoms with Crippen molar-refractivity contribution in [2.45, 2.75) is 39.8 Å². The second kappa shape index (κ2) is 13.0. The minimum atomic E-state index is -0.741. The fourth-order valence-corrected chi connectivity index (χ4v) is 5.02. The van der Waals surface area contributed by atoms with Gasteiger partial charge in [-0.05, 0) is 50.1 Å². The summed E-state index contributed by atoms with van der Waals surface area (Å²) in [5.74, 6) is -0.824. The zero-order chi connectivity index (χ0) is 31.4. The van der Waals surface area contributed by atoms with Gasteiger partial charge in [-0.25, -0.2) is 4.79 Å². The first-order chi connectivity index (χ1) is 21.0. The molecule has 0 bridgehead atoms. The van der Waals surface area contributed by atoms with E-state index in [1.165, 1.54) is 6.07 Å². The summed E-state index contributed by atoms with van der Waals surface area (Å²) in [7, 11) is 2.13. The first-order valence-electron chi connectivity index (χ1n) is 14.9. The standard InChI is InChI=1S/C33H40N6O5/c1-22(2)21-43-32(42)39-26-19-27(31(41)35-33(3,4)25-9-7-6-8-10-25)44-28(26)29(36-39)34-30(40)24-13-11-23(12-14-24)20-38-17-15-37(5)16-18-38/h6-14,19,22H,15-18,20-21H2,1-5H3,(H,35,41)(H,34,36,40). The van der Waals surface area contributed by atoms with Gasteiger partial charge in [-0.1, -0.05) is 56.3 Å². The summed E-state index contributed by atoms with van der Waals surface area (Å²) in [5, 5.41) is 10.0. The van der Waals surface area contributed by atoms with E-state index in [0.29, 0.717) is 5.56 Å². The summed E-state index contributed by atoms with van der Waals surface area (Å²) in [5.41, 5.74) is 2.05. The number of rotatable bonds is 9. The number of carbonyl (C=O) groups is 3. The van der Waals surface area contributed by atoms with E-state index >= 15 is 0 Å². The largest absolute Gasteiger partial charge is 0.448 e. The van der Waals surface area contributed by atoms with Gasteiger partial charge in [0.25, 0.3) is 11.8 Å². The highest BCUT2D eigenvalue weighted by atomic mass is 16.6. The van der Waals surface area contributed by atoms with Crippen molar-refractivity contribution in [1.82, 2.24) is 24.9 Å². The number of likely N-dealkylation sites (N-methyl/N-ethyl adjacent to an activating group) is 1. The highest BCUT2D eigenvalue weighted by Gasteiger charge is 2.29. The topological polar surface area (TPSA) is 122 Å². The molecule has 2 amide bonds. The number of furan rings is 1. The average molecular weight is 601 g/mol. The number of benzene rings is 2. The molecule has 0 radical (unpaired) electrons. The highest BCUT2D eigenvalue weighted by Crippen LogP contribution is 2.29. The lowest BCUT2D eigenvalue weighted by Crippen LogP contribution is -2.43. The van der Waals surface area contributed by atoms with Crippen molar-refractivity contribution in [3.05, 3.63) is 83.1 Å². The zero-order valence-electron chi connectivity index (χ0n) is 25.9. The predicted molar refractivity (Wildman–Crippen MR) is 168 cm³/mol. The fraction of sp³-hybridized carbons (Fsp3) is 0.394. The molecule has 2 N–H and O–H groups in total. The van der Waals surface area contributed by atoms with Crippen LogP contribution >= 0.6 is 0 Å². The van der Waals surface area contributed by atoms with Crippen LogP contribution in [0.15, 0.2) is 65.1 Å². The Labute approximate surface area is 257 Å². The van der Waals surface area contributed by atoms with Crippen molar-refractivity contribution < 1.29 is 23.5 Å². The van der Waals surface area contributed by atoms with Crippen LogP contribution in [-0.2, 0) is 16.8 Å². The number of amides is 2. The van der Waals surface area contributed by atoms with Crippen molar-refractivity contribution in [2.75, 3.05) is 45.2 Å². The summed E-state index contributed by atoms with van der Waals surface area (Å²) in [6.07, 6.45) is -0.741. The lowest BCUT2D eigenvalue weighted by Gasteiger charge is -2.32. The third-order valence-corrected chi connectivity index (χ3v) is 7.66. The SMILES string of the molecule is CC(C)COC(=O)n1nc(NC(=O)c2ccc(CN3CCN(C)CC3)cc2)c2oc(C(=O)NC(C)(C)c3ccccc3)cc21. The minimum Gasteiger partial charge on any atom is -0.448 e. The number of nitrogens with one attached hydrogen (secondary N) is 2. The number of fused-ring (bicyclic) bond motifs is 1. The van der Waals surface area contributed by atoms with E-state index in [2.05, 4.69) is 32.6 Å². The normalized spacial score (nSPS) is 14.6. The maximum atomic E-state index is 13.3. The van der Waals surface area contributed by atoms with Gasteiger partial charge in [0.1, 0.15) is 5.52 Å². The van der Waals surface area contributed by atoms with Gasteiger partial charge in [0, 0.05) is 44.4 Å². The van der Waals surface area contributed by atoms with Gasteiger partial charge in [-0.15, -0.1) is 5.10 Å². The summed E-state index contributed by atoms with van der Waals surface area (Å²) >= 11 is 0. The zero-order valence-corrected chi connectivity index (χ0v) is 25.9. The number of carbonyl (C=O) groups excluding carboxylic acids is 3. The smallest absolute Gasteiger partial charge is 0.435 e. The Hall–Kier alpha value is -4.48. The molecule has 3 heterocycles. The third-order valence-electron chi connectivity index (χ3n) is 7.66. The van der Waals surface area contributed by atoms with Crippen LogP contribution in [0.4, 0.5) is 10.6 Å².